The second-order valence-corrected chi connectivity index (χ2v) is 4.82. The molecule has 0 amide bonds. The predicted octanol–water partition coefficient (Wildman–Crippen LogP) is 2.86. The molecule has 1 aliphatic carbocycles. The highest BCUT2D eigenvalue weighted by Gasteiger charge is 2.24. The maximum Gasteiger partial charge on any atom is 0.137 e. The van der Waals surface area contributed by atoms with Crippen molar-refractivity contribution >= 4 is 5.78 Å². The van der Waals surface area contributed by atoms with Gasteiger partial charge in [-0.1, -0.05) is 13.3 Å². The molecule has 1 atom stereocenters. The Morgan fingerprint density at radius 3 is 3.00 bits per heavy atom. The molecular weight excluding hydrogens is 214 g/mol. The van der Waals surface area contributed by atoms with Crippen molar-refractivity contribution in [2.45, 2.75) is 39.2 Å². The van der Waals surface area contributed by atoms with Crippen LogP contribution in [0.4, 0.5) is 0 Å². The summed E-state index contributed by atoms with van der Waals surface area (Å²) in [6, 6.07) is 3.90. The summed E-state index contributed by atoms with van der Waals surface area (Å²) in [4.78, 5) is 14.1. The summed E-state index contributed by atoms with van der Waals surface area (Å²) >= 11 is 0. The molecule has 0 bridgehead atoms. The predicted molar refractivity (Wildman–Crippen MR) is 66.6 cm³/mol. The van der Waals surface area contributed by atoms with Crippen LogP contribution in [0.25, 0.3) is 0 Å². The van der Waals surface area contributed by atoms with Gasteiger partial charge in [0.1, 0.15) is 11.5 Å². The SMILES string of the molecule is CCN(Cc1ccco1)CC1CCCCC1=O. The molecule has 1 aromatic rings. The molecule has 1 fully saturated rings. The number of furan rings is 1. The quantitative estimate of drug-likeness (QED) is 0.787. The second-order valence-electron chi connectivity index (χ2n) is 4.82. The van der Waals surface area contributed by atoms with E-state index < -0.39 is 0 Å². The van der Waals surface area contributed by atoms with Gasteiger partial charge in [0.25, 0.3) is 0 Å². The first kappa shape index (κ1) is 12.4. The number of nitrogens with zero attached hydrogens (tertiary/aromatic N) is 1. The van der Waals surface area contributed by atoms with Gasteiger partial charge in [0.05, 0.1) is 12.8 Å². The highest BCUT2D eigenvalue weighted by atomic mass is 16.3. The third-order valence-corrected chi connectivity index (χ3v) is 3.57. The molecule has 3 heteroatoms. The molecule has 0 aliphatic heterocycles. The Kier molecular flexibility index (Phi) is 4.37. The summed E-state index contributed by atoms with van der Waals surface area (Å²) in [5.41, 5.74) is 0. The number of Topliss-reactive ketones (excluding diaryl/α,β-unsaturated/α-hetero) is 1. The number of hydrogen-bond donors (Lipinski definition) is 0. The van der Waals surface area contributed by atoms with Gasteiger partial charge < -0.3 is 4.42 Å². The van der Waals surface area contributed by atoms with Gasteiger partial charge in [-0.2, -0.15) is 0 Å². The molecule has 0 spiro atoms. The zero-order valence-electron chi connectivity index (χ0n) is 10.5. The first-order valence-electron chi connectivity index (χ1n) is 6.57. The fraction of sp³-hybridized carbons (Fsp3) is 0.643. The van der Waals surface area contributed by atoms with Gasteiger partial charge in [0, 0.05) is 18.9 Å². The zero-order chi connectivity index (χ0) is 12.1. The minimum absolute atomic E-state index is 0.249. The summed E-state index contributed by atoms with van der Waals surface area (Å²) in [5, 5.41) is 0. The Labute approximate surface area is 103 Å². The Bertz CT molecular complexity index is 345. The van der Waals surface area contributed by atoms with Crippen LogP contribution in [0.3, 0.4) is 0 Å². The van der Waals surface area contributed by atoms with Gasteiger partial charge in [0.15, 0.2) is 0 Å². The van der Waals surface area contributed by atoms with Crippen molar-refractivity contribution in [2.24, 2.45) is 5.92 Å². The topological polar surface area (TPSA) is 33.5 Å². The molecule has 0 saturated heterocycles. The minimum atomic E-state index is 0.249. The summed E-state index contributed by atoms with van der Waals surface area (Å²) in [6.07, 6.45) is 5.83. The van der Waals surface area contributed by atoms with Crippen molar-refractivity contribution in [3.63, 3.8) is 0 Å². The molecule has 94 valence electrons. The fourth-order valence-corrected chi connectivity index (χ4v) is 2.49. The molecule has 1 saturated carbocycles. The molecule has 1 aliphatic rings. The van der Waals surface area contributed by atoms with E-state index in [0.29, 0.717) is 5.78 Å². The fourth-order valence-electron chi connectivity index (χ4n) is 2.49. The van der Waals surface area contributed by atoms with Crippen LogP contribution in [-0.4, -0.2) is 23.8 Å². The van der Waals surface area contributed by atoms with E-state index in [9.17, 15) is 4.79 Å². The molecule has 17 heavy (non-hydrogen) atoms. The number of hydrogen-bond acceptors (Lipinski definition) is 3. The molecule has 0 aromatic carbocycles. The van der Waals surface area contributed by atoms with Crippen LogP contribution < -0.4 is 0 Å². The van der Waals surface area contributed by atoms with E-state index in [2.05, 4.69) is 11.8 Å². The molecule has 1 heterocycles. The summed E-state index contributed by atoms with van der Waals surface area (Å²) < 4.78 is 5.36. The van der Waals surface area contributed by atoms with Crippen molar-refractivity contribution in [1.29, 1.82) is 0 Å². The maximum absolute atomic E-state index is 11.8. The first-order valence-corrected chi connectivity index (χ1v) is 6.57. The van der Waals surface area contributed by atoms with Gasteiger partial charge in [-0.15, -0.1) is 0 Å². The third kappa shape index (κ3) is 3.43. The van der Waals surface area contributed by atoms with E-state index in [-0.39, 0.29) is 5.92 Å². The average Bonchev–Trinajstić information content (AvgIpc) is 2.84. The maximum atomic E-state index is 11.8. The average molecular weight is 235 g/mol. The summed E-state index contributed by atoms with van der Waals surface area (Å²) in [5.74, 6) is 1.68. The van der Waals surface area contributed by atoms with Gasteiger partial charge in [-0.05, 0) is 31.5 Å². The van der Waals surface area contributed by atoms with Crippen LogP contribution in [0.5, 0.6) is 0 Å². The third-order valence-electron chi connectivity index (χ3n) is 3.57. The van der Waals surface area contributed by atoms with E-state index in [1.165, 1.54) is 6.42 Å². The molecule has 2 rings (SSSR count). The highest BCUT2D eigenvalue weighted by Crippen LogP contribution is 2.22. The van der Waals surface area contributed by atoms with Crippen molar-refractivity contribution in [3.8, 4) is 0 Å². The van der Waals surface area contributed by atoms with Crippen LogP contribution in [-0.2, 0) is 11.3 Å². The Morgan fingerprint density at radius 2 is 2.35 bits per heavy atom. The number of carbonyl (C=O) groups excluding carboxylic acids is 1. The lowest BCUT2D eigenvalue weighted by molar-refractivity contribution is -0.125. The molecule has 1 aromatic heterocycles. The number of rotatable bonds is 5. The van der Waals surface area contributed by atoms with Crippen LogP contribution in [0, 0.1) is 5.92 Å². The zero-order valence-corrected chi connectivity index (χ0v) is 10.5. The normalized spacial score (nSPS) is 21.1. The van der Waals surface area contributed by atoms with E-state index in [1.54, 1.807) is 6.26 Å². The Hall–Kier alpha value is -1.09. The van der Waals surface area contributed by atoms with Gasteiger partial charge in [0.2, 0.25) is 0 Å². The largest absolute Gasteiger partial charge is 0.468 e. The van der Waals surface area contributed by atoms with Gasteiger partial charge in [-0.3, -0.25) is 9.69 Å². The lowest BCUT2D eigenvalue weighted by Crippen LogP contribution is -2.34. The Morgan fingerprint density at radius 1 is 1.47 bits per heavy atom. The summed E-state index contributed by atoms with van der Waals surface area (Å²) in [6.45, 7) is 4.80. The van der Waals surface area contributed by atoms with E-state index >= 15 is 0 Å². The van der Waals surface area contributed by atoms with Gasteiger partial charge in [-0.25, -0.2) is 0 Å². The number of carbonyl (C=O) groups is 1. The lowest BCUT2D eigenvalue weighted by atomic mass is 9.87. The highest BCUT2D eigenvalue weighted by molar-refractivity contribution is 5.81. The molecule has 0 N–H and O–H groups in total. The minimum Gasteiger partial charge on any atom is -0.468 e. The van der Waals surface area contributed by atoms with Crippen molar-refractivity contribution in [3.05, 3.63) is 24.2 Å². The molecular formula is C14H21NO2. The van der Waals surface area contributed by atoms with Crippen LogP contribution in [0.2, 0.25) is 0 Å². The Balaban J connectivity index is 1.88. The number of ketones is 1. The van der Waals surface area contributed by atoms with Crippen LogP contribution >= 0.6 is 0 Å². The van der Waals surface area contributed by atoms with Crippen molar-refractivity contribution in [1.82, 2.24) is 4.90 Å². The monoisotopic (exact) mass is 235 g/mol. The smallest absolute Gasteiger partial charge is 0.137 e. The lowest BCUT2D eigenvalue weighted by Gasteiger charge is -2.27. The van der Waals surface area contributed by atoms with E-state index in [4.69, 9.17) is 4.42 Å². The van der Waals surface area contributed by atoms with Crippen LogP contribution in [0.15, 0.2) is 22.8 Å². The van der Waals surface area contributed by atoms with Crippen molar-refractivity contribution in [2.75, 3.05) is 13.1 Å². The van der Waals surface area contributed by atoms with Gasteiger partial charge >= 0.3 is 0 Å². The van der Waals surface area contributed by atoms with E-state index in [1.807, 2.05) is 12.1 Å². The second kappa shape index (κ2) is 6.01. The van der Waals surface area contributed by atoms with Crippen molar-refractivity contribution < 1.29 is 9.21 Å². The molecule has 0 radical (unpaired) electrons. The van der Waals surface area contributed by atoms with E-state index in [0.717, 1.165) is 44.7 Å². The van der Waals surface area contributed by atoms with Crippen LogP contribution in [0.1, 0.15) is 38.4 Å². The summed E-state index contributed by atoms with van der Waals surface area (Å²) in [7, 11) is 0. The first-order chi connectivity index (χ1) is 8.29. The standard InChI is InChI=1S/C14H21NO2/c1-2-15(11-13-7-5-9-17-13)10-12-6-3-4-8-14(12)16/h5,7,9,12H,2-4,6,8,10-11H2,1H3. The molecule has 3 nitrogen and oxygen atoms in total. The molecule has 1 unspecified atom stereocenters.